The standard InChI is InChI=1S/C14H28N2O/c1-14(2,3)11-16-9-6-13(10-16)17-12-4-7-15-8-5-12/h12-13,15H,4-11H2,1-3H3/t13-/m1/s1. The van der Waals surface area contributed by atoms with Gasteiger partial charge in [0.2, 0.25) is 0 Å². The van der Waals surface area contributed by atoms with Gasteiger partial charge in [-0.15, -0.1) is 0 Å². The van der Waals surface area contributed by atoms with E-state index in [0.717, 1.165) is 19.6 Å². The zero-order valence-corrected chi connectivity index (χ0v) is 11.7. The van der Waals surface area contributed by atoms with Gasteiger partial charge in [0.25, 0.3) is 0 Å². The van der Waals surface area contributed by atoms with Crippen molar-refractivity contribution in [2.24, 2.45) is 5.41 Å². The first kappa shape index (κ1) is 13.3. The first-order valence-electron chi connectivity index (χ1n) is 7.11. The quantitative estimate of drug-likeness (QED) is 0.815. The lowest BCUT2D eigenvalue weighted by Crippen LogP contribution is -2.36. The van der Waals surface area contributed by atoms with E-state index in [1.807, 2.05) is 0 Å². The Morgan fingerprint density at radius 3 is 2.47 bits per heavy atom. The fraction of sp³-hybridized carbons (Fsp3) is 1.00. The molecule has 0 saturated carbocycles. The van der Waals surface area contributed by atoms with E-state index in [1.54, 1.807) is 0 Å². The average molecular weight is 240 g/mol. The molecule has 3 heteroatoms. The highest BCUT2D eigenvalue weighted by atomic mass is 16.5. The highest BCUT2D eigenvalue weighted by molar-refractivity contribution is 4.81. The molecule has 17 heavy (non-hydrogen) atoms. The molecule has 2 rings (SSSR count). The van der Waals surface area contributed by atoms with Crippen LogP contribution in [0.4, 0.5) is 0 Å². The number of nitrogens with one attached hydrogen (secondary N) is 1. The van der Waals surface area contributed by atoms with Gasteiger partial charge in [-0.3, -0.25) is 0 Å². The topological polar surface area (TPSA) is 24.5 Å². The molecule has 0 unspecified atom stereocenters. The molecular formula is C14H28N2O. The molecule has 2 aliphatic heterocycles. The van der Waals surface area contributed by atoms with Gasteiger partial charge in [-0.05, 0) is 37.8 Å². The number of likely N-dealkylation sites (tertiary alicyclic amines) is 1. The Hall–Kier alpha value is -0.120. The van der Waals surface area contributed by atoms with E-state index in [0.29, 0.717) is 17.6 Å². The van der Waals surface area contributed by atoms with Crippen molar-refractivity contribution in [2.45, 2.75) is 52.2 Å². The minimum Gasteiger partial charge on any atom is -0.374 e. The lowest BCUT2D eigenvalue weighted by molar-refractivity contribution is -0.0216. The van der Waals surface area contributed by atoms with E-state index in [4.69, 9.17) is 4.74 Å². The molecule has 1 atom stereocenters. The van der Waals surface area contributed by atoms with Gasteiger partial charge in [0, 0.05) is 19.6 Å². The predicted octanol–water partition coefficient (Wildman–Crippen LogP) is 1.88. The Morgan fingerprint density at radius 2 is 1.82 bits per heavy atom. The van der Waals surface area contributed by atoms with Crippen LogP contribution in [0.1, 0.15) is 40.0 Å². The predicted molar refractivity (Wildman–Crippen MR) is 71.3 cm³/mol. The van der Waals surface area contributed by atoms with Crippen LogP contribution < -0.4 is 5.32 Å². The molecule has 2 aliphatic rings. The second-order valence-corrected chi connectivity index (χ2v) is 6.79. The van der Waals surface area contributed by atoms with Gasteiger partial charge in [0.05, 0.1) is 12.2 Å². The Kier molecular flexibility index (Phi) is 4.45. The van der Waals surface area contributed by atoms with Crippen molar-refractivity contribution in [3.63, 3.8) is 0 Å². The SMILES string of the molecule is CC(C)(C)CN1CC[C@@H](OC2CCNCC2)C1. The zero-order valence-electron chi connectivity index (χ0n) is 11.7. The summed E-state index contributed by atoms with van der Waals surface area (Å²) >= 11 is 0. The molecule has 2 fully saturated rings. The summed E-state index contributed by atoms with van der Waals surface area (Å²) < 4.78 is 6.22. The van der Waals surface area contributed by atoms with Crippen LogP contribution >= 0.6 is 0 Å². The molecule has 0 radical (unpaired) electrons. The number of hydrogen-bond donors (Lipinski definition) is 1. The summed E-state index contributed by atoms with van der Waals surface area (Å²) in [5, 5.41) is 3.39. The van der Waals surface area contributed by atoms with Gasteiger partial charge < -0.3 is 15.0 Å². The van der Waals surface area contributed by atoms with E-state index in [9.17, 15) is 0 Å². The van der Waals surface area contributed by atoms with Gasteiger partial charge in [0.1, 0.15) is 0 Å². The molecule has 0 aromatic heterocycles. The third-order valence-electron chi connectivity index (χ3n) is 3.60. The summed E-state index contributed by atoms with van der Waals surface area (Å²) in [6.07, 6.45) is 4.60. The number of nitrogens with zero attached hydrogens (tertiary/aromatic N) is 1. The van der Waals surface area contributed by atoms with Crippen molar-refractivity contribution in [2.75, 3.05) is 32.7 Å². The van der Waals surface area contributed by atoms with Gasteiger partial charge in [-0.25, -0.2) is 0 Å². The van der Waals surface area contributed by atoms with E-state index in [2.05, 4.69) is 31.0 Å². The molecule has 1 N–H and O–H groups in total. The van der Waals surface area contributed by atoms with Crippen LogP contribution in [0, 0.1) is 5.41 Å². The van der Waals surface area contributed by atoms with Gasteiger partial charge in [-0.1, -0.05) is 20.8 Å². The van der Waals surface area contributed by atoms with Gasteiger partial charge in [0.15, 0.2) is 0 Å². The first-order valence-corrected chi connectivity index (χ1v) is 7.11. The maximum atomic E-state index is 6.22. The van der Waals surface area contributed by atoms with Crippen molar-refractivity contribution in [3.8, 4) is 0 Å². The van der Waals surface area contributed by atoms with Crippen LogP contribution in [-0.4, -0.2) is 49.8 Å². The Morgan fingerprint density at radius 1 is 1.12 bits per heavy atom. The molecule has 2 saturated heterocycles. The summed E-state index contributed by atoms with van der Waals surface area (Å²) in [6.45, 7) is 12.7. The van der Waals surface area contributed by atoms with E-state index < -0.39 is 0 Å². The summed E-state index contributed by atoms with van der Waals surface area (Å²) in [7, 11) is 0. The Balaban J connectivity index is 1.70. The smallest absolute Gasteiger partial charge is 0.0717 e. The number of hydrogen-bond acceptors (Lipinski definition) is 3. The highest BCUT2D eigenvalue weighted by Gasteiger charge is 2.28. The third-order valence-corrected chi connectivity index (χ3v) is 3.60. The zero-order chi connectivity index (χ0) is 12.3. The van der Waals surface area contributed by atoms with Gasteiger partial charge >= 0.3 is 0 Å². The second kappa shape index (κ2) is 5.68. The van der Waals surface area contributed by atoms with E-state index in [-0.39, 0.29) is 0 Å². The molecular weight excluding hydrogens is 212 g/mol. The molecule has 0 bridgehead atoms. The van der Waals surface area contributed by atoms with E-state index in [1.165, 1.54) is 32.4 Å². The van der Waals surface area contributed by atoms with Crippen molar-refractivity contribution in [3.05, 3.63) is 0 Å². The largest absolute Gasteiger partial charge is 0.374 e. The second-order valence-electron chi connectivity index (χ2n) is 6.79. The van der Waals surface area contributed by atoms with E-state index >= 15 is 0 Å². The molecule has 0 aromatic carbocycles. The molecule has 2 heterocycles. The number of ether oxygens (including phenoxy) is 1. The van der Waals surface area contributed by atoms with Crippen LogP contribution in [0.25, 0.3) is 0 Å². The van der Waals surface area contributed by atoms with Gasteiger partial charge in [-0.2, -0.15) is 0 Å². The lowest BCUT2D eigenvalue weighted by atomic mass is 9.96. The molecule has 0 spiro atoms. The summed E-state index contributed by atoms with van der Waals surface area (Å²) in [5.74, 6) is 0. The van der Waals surface area contributed by atoms with Crippen LogP contribution in [0.5, 0.6) is 0 Å². The average Bonchev–Trinajstić information content (AvgIpc) is 2.64. The van der Waals surface area contributed by atoms with Crippen molar-refractivity contribution >= 4 is 0 Å². The van der Waals surface area contributed by atoms with Crippen LogP contribution in [0.2, 0.25) is 0 Å². The summed E-state index contributed by atoms with van der Waals surface area (Å²) in [4.78, 5) is 2.56. The van der Waals surface area contributed by atoms with Crippen LogP contribution in [0.3, 0.4) is 0 Å². The van der Waals surface area contributed by atoms with Crippen molar-refractivity contribution in [1.82, 2.24) is 10.2 Å². The fourth-order valence-electron chi connectivity index (χ4n) is 2.93. The van der Waals surface area contributed by atoms with Crippen molar-refractivity contribution < 1.29 is 4.74 Å². The third kappa shape index (κ3) is 4.57. The highest BCUT2D eigenvalue weighted by Crippen LogP contribution is 2.22. The normalized spacial score (nSPS) is 28.8. The molecule has 0 amide bonds. The first-order chi connectivity index (χ1) is 8.03. The summed E-state index contributed by atoms with van der Waals surface area (Å²) in [6, 6.07) is 0. The maximum Gasteiger partial charge on any atom is 0.0717 e. The molecule has 0 aliphatic carbocycles. The molecule has 100 valence electrons. The minimum absolute atomic E-state index is 0.406. The number of piperidine rings is 1. The lowest BCUT2D eigenvalue weighted by Gasteiger charge is -2.28. The maximum absolute atomic E-state index is 6.22. The fourth-order valence-corrected chi connectivity index (χ4v) is 2.93. The minimum atomic E-state index is 0.406. The van der Waals surface area contributed by atoms with Crippen LogP contribution in [-0.2, 0) is 4.74 Å². The van der Waals surface area contributed by atoms with Crippen LogP contribution in [0.15, 0.2) is 0 Å². The monoisotopic (exact) mass is 240 g/mol. The summed E-state index contributed by atoms with van der Waals surface area (Å²) in [5.41, 5.74) is 0.406. The number of rotatable bonds is 3. The van der Waals surface area contributed by atoms with Crippen molar-refractivity contribution in [1.29, 1.82) is 0 Å². The Labute approximate surface area is 106 Å². The molecule has 3 nitrogen and oxygen atoms in total. The molecule has 0 aromatic rings. The Bertz CT molecular complexity index is 231.